The van der Waals surface area contributed by atoms with Gasteiger partial charge < -0.3 is 0 Å². The van der Waals surface area contributed by atoms with Gasteiger partial charge in [0.2, 0.25) is 0 Å². The molecular weight excluding hydrogens is 104 g/mol. The molecule has 0 heterocycles. The highest BCUT2D eigenvalue weighted by molar-refractivity contribution is 5.20. The molecule has 2 nitrogen and oxygen atoms in total. The van der Waals surface area contributed by atoms with E-state index in [0.717, 1.165) is 6.42 Å². The van der Waals surface area contributed by atoms with E-state index in [1.54, 1.807) is 0 Å². The van der Waals surface area contributed by atoms with Gasteiger partial charge in [-0.3, -0.25) is 0 Å². The Morgan fingerprint density at radius 3 is 1.88 bits per heavy atom. The topological polar surface area (TPSA) is 34.1 Å². The molecule has 0 aliphatic heterocycles. The van der Waals surface area contributed by atoms with Gasteiger partial charge in [0.15, 0.2) is 0 Å². The molecule has 0 saturated carbocycles. The van der Waals surface area contributed by atoms with Gasteiger partial charge in [-0.2, -0.15) is 9.59 Å². The molecule has 46 valence electrons. The molecule has 8 heavy (non-hydrogen) atoms. The fourth-order valence-electron chi connectivity index (χ4n) is 0.236. The third-order valence-corrected chi connectivity index (χ3v) is 0.471. The summed E-state index contributed by atoms with van der Waals surface area (Å²) in [5.41, 5.74) is 0. The standard InChI is InChI=1S/C5H10.CO2/c1-3-5-4-2;2-1-3/h3,5H,4H2,1-2H3;/b5-3+;. The fourth-order valence-corrected chi connectivity index (χ4v) is 0.236. The number of hydrogen-bond acceptors (Lipinski definition) is 2. The second-order valence-electron chi connectivity index (χ2n) is 1.06. The van der Waals surface area contributed by atoms with E-state index in [0.29, 0.717) is 0 Å². The van der Waals surface area contributed by atoms with Gasteiger partial charge in [0.1, 0.15) is 0 Å². The molecule has 2 heteroatoms. The molecule has 0 atom stereocenters. The van der Waals surface area contributed by atoms with Crippen molar-refractivity contribution in [3.8, 4) is 0 Å². The Labute approximate surface area is 49.2 Å². The Kier molecular flexibility index (Phi) is 21.0. The predicted octanol–water partition coefficient (Wildman–Crippen LogP) is 1.39. The first-order chi connectivity index (χ1) is 3.83. The molecule has 0 bridgehead atoms. The minimum Gasteiger partial charge on any atom is -0.186 e. The predicted molar refractivity (Wildman–Crippen MR) is 30.1 cm³/mol. The summed E-state index contributed by atoms with van der Waals surface area (Å²) in [5, 5.41) is 0. The number of hydrogen-bond donors (Lipinski definition) is 0. The summed E-state index contributed by atoms with van der Waals surface area (Å²) in [6.45, 7) is 4.16. The molecule has 0 aromatic rings. The van der Waals surface area contributed by atoms with Crippen molar-refractivity contribution in [2.24, 2.45) is 0 Å². The molecule has 0 unspecified atom stereocenters. The van der Waals surface area contributed by atoms with E-state index in [9.17, 15) is 0 Å². The van der Waals surface area contributed by atoms with Crippen LogP contribution in [-0.2, 0) is 9.59 Å². The van der Waals surface area contributed by atoms with E-state index in [2.05, 4.69) is 19.1 Å². The van der Waals surface area contributed by atoms with Crippen LogP contribution in [0, 0.1) is 0 Å². The van der Waals surface area contributed by atoms with Gasteiger partial charge >= 0.3 is 6.15 Å². The second kappa shape index (κ2) is 16.5. The van der Waals surface area contributed by atoms with Gasteiger partial charge in [-0.15, -0.1) is 0 Å². The molecule has 0 spiro atoms. The van der Waals surface area contributed by atoms with Crippen molar-refractivity contribution >= 4 is 6.15 Å². The first-order valence-electron chi connectivity index (χ1n) is 2.43. The summed E-state index contributed by atoms with van der Waals surface area (Å²) in [5.74, 6) is 0. The van der Waals surface area contributed by atoms with Crippen molar-refractivity contribution < 1.29 is 9.59 Å². The fraction of sp³-hybridized carbons (Fsp3) is 0.500. The van der Waals surface area contributed by atoms with Crippen molar-refractivity contribution in [2.45, 2.75) is 20.3 Å². The molecule has 0 aliphatic carbocycles. The first-order valence-corrected chi connectivity index (χ1v) is 2.43. The summed E-state index contributed by atoms with van der Waals surface area (Å²) in [6.07, 6.45) is 5.59. The normalized spacial score (nSPS) is 7.25. The molecule has 0 N–H and O–H groups in total. The van der Waals surface area contributed by atoms with Crippen molar-refractivity contribution in [3.63, 3.8) is 0 Å². The highest BCUT2D eigenvalue weighted by Crippen LogP contribution is 1.73. The van der Waals surface area contributed by atoms with E-state index >= 15 is 0 Å². The van der Waals surface area contributed by atoms with Crippen molar-refractivity contribution in [3.05, 3.63) is 12.2 Å². The SMILES string of the molecule is C/C=C/CC.O=C=O. The zero-order valence-corrected chi connectivity index (χ0v) is 5.18. The highest BCUT2D eigenvalue weighted by Gasteiger charge is 1.52. The highest BCUT2D eigenvalue weighted by atomic mass is 16.2. The molecule has 0 aliphatic rings. The molecule has 0 rings (SSSR count). The van der Waals surface area contributed by atoms with E-state index in [4.69, 9.17) is 9.59 Å². The second-order valence-corrected chi connectivity index (χ2v) is 1.06. The van der Waals surface area contributed by atoms with Crippen LogP contribution in [0.4, 0.5) is 0 Å². The van der Waals surface area contributed by atoms with E-state index in [-0.39, 0.29) is 6.15 Å². The molecule has 0 radical (unpaired) electrons. The lowest BCUT2D eigenvalue weighted by Crippen LogP contribution is -1.43. The Hall–Kier alpha value is -0.880. The van der Waals surface area contributed by atoms with Crippen LogP contribution in [0.25, 0.3) is 0 Å². The summed E-state index contributed by atoms with van der Waals surface area (Å²) >= 11 is 0. The minimum absolute atomic E-state index is 0.250. The summed E-state index contributed by atoms with van der Waals surface area (Å²) < 4.78 is 0. The van der Waals surface area contributed by atoms with E-state index < -0.39 is 0 Å². The van der Waals surface area contributed by atoms with Crippen LogP contribution >= 0.6 is 0 Å². The van der Waals surface area contributed by atoms with Gasteiger partial charge in [0.25, 0.3) is 0 Å². The molecule has 0 fully saturated rings. The summed E-state index contributed by atoms with van der Waals surface area (Å²) in [4.78, 5) is 16.2. The monoisotopic (exact) mass is 114 g/mol. The molecule has 0 aromatic heterocycles. The summed E-state index contributed by atoms with van der Waals surface area (Å²) in [7, 11) is 0. The lowest BCUT2D eigenvalue weighted by Gasteiger charge is -1.65. The maximum Gasteiger partial charge on any atom is 0.373 e. The van der Waals surface area contributed by atoms with Gasteiger partial charge in [0.05, 0.1) is 0 Å². The molecule has 0 saturated heterocycles. The maximum atomic E-state index is 8.12. The zero-order valence-electron chi connectivity index (χ0n) is 5.18. The lowest BCUT2D eigenvalue weighted by molar-refractivity contribution is -0.191. The van der Waals surface area contributed by atoms with Crippen molar-refractivity contribution in [2.75, 3.05) is 0 Å². The summed E-state index contributed by atoms with van der Waals surface area (Å²) in [6, 6.07) is 0. The molecule has 0 amide bonds. The minimum atomic E-state index is 0.250. The Bertz CT molecular complexity index is 78.5. The number of rotatable bonds is 1. The van der Waals surface area contributed by atoms with Crippen LogP contribution in [0.15, 0.2) is 12.2 Å². The van der Waals surface area contributed by atoms with Gasteiger partial charge in [-0.05, 0) is 13.3 Å². The van der Waals surface area contributed by atoms with Crippen LogP contribution in [0.5, 0.6) is 0 Å². The van der Waals surface area contributed by atoms with E-state index in [1.165, 1.54) is 0 Å². The van der Waals surface area contributed by atoms with Gasteiger partial charge in [-0.25, -0.2) is 0 Å². The van der Waals surface area contributed by atoms with Gasteiger partial charge in [-0.1, -0.05) is 19.1 Å². The van der Waals surface area contributed by atoms with Crippen LogP contribution in [0.2, 0.25) is 0 Å². The number of carbonyl (C=O) groups excluding carboxylic acids is 2. The Morgan fingerprint density at radius 1 is 1.50 bits per heavy atom. The average Bonchev–Trinajstić information content (AvgIpc) is 1.71. The van der Waals surface area contributed by atoms with Crippen molar-refractivity contribution in [1.82, 2.24) is 0 Å². The third-order valence-electron chi connectivity index (χ3n) is 0.471. The zero-order chi connectivity index (χ0) is 6.83. The average molecular weight is 114 g/mol. The first kappa shape index (κ1) is 10.2. The quantitative estimate of drug-likeness (QED) is 0.483. The van der Waals surface area contributed by atoms with E-state index in [1.807, 2.05) is 6.92 Å². The Morgan fingerprint density at radius 2 is 1.88 bits per heavy atom. The third kappa shape index (κ3) is 69.3. The lowest BCUT2D eigenvalue weighted by atomic mass is 10.4. The van der Waals surface area contributed by atoms with Gasteiger partial charge in [0, 0.05) is 0 Å². The van der Waals surface area contributed by atoms with Crippen LogP contribution < -0.4 is 0 Å². The van der Waals surface area contributed by atoms with Crippen LogP contribution in [0.3, 0.4) is 0 Å². The van der Waals surface area contributed by atoms with Crippen LogP contribution in [-0.4, -0.2) is 6.15 Å². The maximum absolute atomic E-state index is 8.12. The molecule has 0 aromatic carbocycles. The van der Waals surface area contributed by atoms with Crippen LogP contribution in [0.1, 0.15) is 20.3 Å². The molecular formula is C6H10O2. The smallest absolute Gasteiger partial charge is 0.186 e. The van der Waals surface area contributed by atoms with Crippen molar-refractivity contribution in [1.29, 1.82) is 0 Å². The largest absolute Gasteiger partial charge is 0.373 e. The Balaban J connectivity index is 0. The number of allylic oxidation sites excluding steroid dienone is 2.